The zero-order valence-electron chi connectivity index (χ0n) is 7.10. The summed E-state index contributed by atoms with van der Waals surface area (Å²) in [5, 5.41) is 0. The molecule has 0 aliphatic carbocycles. The van der Waals surface area contributed by atoms with Crippen molar-refractivity contribution in [1.29, 1.82) is 0 Å². The van der Waals surface area contributed by atoms with E-state index in [2.05, 4.69) is 0 Å². The first-order chi connectivity index (χ1) is 6.29. The van der Waals surface area contributed by atoms with Gasteiger partial charge in [0, 0.05) is 19.2 Å². The zero-order chi connectivity index (χ0) is 9.26. The Hall–Kier alpha value is -1.52. The van der Waals surface area contributed by atoms with E-state index in [0.29, 0.717) is 13.1 Å². The Morgan fingerprint density at radius 2 is 2.08 bits per heavy atom. The molecule has 0 saturated carbocycles. The lowest BCUT2D eigenvalue weighted by atomic mass is 10.4. The van der Waals surface area contributed by atoms with Crippen molar-refractivity contribution in [3.05, 3.63) is 22.7 Å². The fourth-order valence-electron chi connectivity index (χ4n) is 1.45. The van der Waals surface area contributed by atoms with Crippen LogP contribution in [-0.4, -0.2) is 28.8 Å². The van der Waals surface area contributed by atoms with Gasteiger partial charge in [0.25, 0.3) is 5.56 Å². The molecule has 5 nitrogen and oxygen atoms in total. The molecule has 5 heteroatoms. The normalized spacial score (nSPS) is 16.5. The molecule has 2 heterocycles. The van der Waals surface area contributed by atoms with Crippen LogP contribution in [0, 0.1) is 0 Å². The molecule has 0 unspecified atom stereocenters. The molecular formula is C8H10N2O3. The van der Waals surface area contributed by atoms with Gasteiger partial charge in [-0.15, -0.1) is 0 Å². The van der Waals surface area contributed by atoms with E-state index in [4.69, 9.17) is 4.52 Å². The molecule has 1 aliphatic heterocycles. The van der Waals surface area contributed by atoms with Crippen LogP contribution >= 0.6 is 0 Å². The minimum absolute atomic E-state index is 0.354. The van der Waals surface area contributed by atoms with Gasteiger partial charge >= 0.3 is 6.03 Å². The van der Waals surface area contributed by atoms with Crippen LogP contribution in [0.4, 0.5) is 4.79 Å². The van der Waals surface area contributed by atoms with E-state index in [-0.39, 0.29) is 6.03 Å². The zero-order valence-corrected chi connectivity index (χ0v) is 7.10. The number of nitrogens with zero attached hydrogens (tertiary/aromatic N) is 2. The predicted molar refractivity (Wildman–Crippen MR) is 44.6 cm³/mol. The lowest BCUT2D eigenvalue weighted by molar-refractivity contribution is 0.176. The van der Waals surface area contributed by atoms with E-state index < -0.39 is 5.56 Å². The Labute approximate surface area is 74.5 Å². The van der Waals surface area contributed by atoms with Crippen LogP contribution in [0.1, 0.15) is 12.8 Å². The van der Waals surface area contributed by atoms with Crippen molar-refractivity contribution in [3.8, 4) is 0 Å². The molecule has 0 spiro atoms. The maximum Gasteiger partial charge on any atom is 0.361 e. The maximum absolute atomic E-state index is 11.5. The van der Waals surface area contributed by atoms with E-state index in [0.717, 1.165) is 17.6 Å². The van der Waals surface area contributed by atoms with Crippen LogP contribution in [0.3, 0.4) is 0 Å². The third-order valence-corrected chi connectivity index (χ3v) is 2.13. The second kappa shape index (κ2) is 3.08. The minimum atomic E-state index is -0.406. The fraction of sp³-hybridized carbons (Fsp3) is 0.500. The number of rotatable bonds is 0. The van der Waals surface area contributed by atoms with Gasteiger partial charge in [0.05, 0.1) is 0 Å². The third-order valence-electron chi connectivity index (χ3n) is 2.13. The summed E-state index contributed by atoms with van der Waals surface area (Å²) < 4.78 is 5.53. The Morgan fingerprint density at radius 1 is 1.38 bits per heavy atom. The summed E-state index contributed by atoms with van der Waals surface area (Å²) in [5.41, 5.74) is -0.406. The quantitative estimate of drug-likeness (QED) is 0.587. The Kier molecular flexibility index (Phi) is 1.92. The summed E-state index contributed by atoms with van der Waals surface area (Å²) >= 11 is 0. The van der Waals surface area contributed by atoms with Gasteiger partial charge in [0.2, 0.25) is 0 Å². The molecule has 0 bridgehead atoms. The number of likely N-dealkylation sites (tertiary alicyclic amines) is 1. The molecule has 70 valence electrons. The van der Waals surface area contributed by atoms with Gasteiger partial charge < -0.3 is 9.42 Å². The highest BCUT2D eigenvalue weighted by atomic mass is 16.5. The highest BCUT2D eigenvalue weighted by Crippen LogP contribution is 2.08. The standard InChI is InChI=1S/C8H10N2O3/c11-7-3-6-13-10(7)8(12)9-4-1-2-5-9/h3,6H,1-2,4-5H2. The summed E-state index contributed by atoms with van der Waals surface area (Å²) in [7, 11) is 0. The van der Waals surface area contributed by atoms with Crippen molar-refractivity contribution in [3.63, 3.8) is 0 Å². The molecule has 13 heavy (non-hydrogen) atoms. The predicted octanol–water partition coefficient (Wildman–Crippen LogP) is 0.505. The van der Waals surface area contributed by atoms with Gasteiger partial charge in [-0.2, -0.15) is 0 Å². The van der Waals surface area contributed by atoms with E-state index in [9.17, 15) is 9.59 Å². The molecule has 2 rings (SSSR count). The molecule has 1 aliphatic rings. The third kappa shape index (κ3) is 1.37. The summed E-state index contributed by atoms with van der Waals surface area (Å²) in [6.45, 7) is 1.43. The van der Waals surface area contributed by atoms with Gasteiger partial charge in [-0.3, -0.25) is 4.79 Å². The number of carbonyl (C=O) groups is 1. The lowest BCUT2D eigenvalue weighted by Gasteiger charge is -2.12. The van der Waals surface area contributed by atoms with Gasteiger partial charge in [0.1, 0.15) is 6.26 Å². The lowest BCUT2D eigenvalue weighted by Crippen LogP contribution is -2.36. The van der Waals surface area contributed by atoms with Gasteiger partial charge in [0.15, 0.2) is 0 Å². The average Bonchev–Trinajstić information content (AvgIpc) is 2.72. The number of hydrogen-bond donors (Lipinski definition) is 0. The monoisotopic (exact) mass is 182 g/mol. The molecule has 1 fully saturated rings. The Balaban J connectivity index is 2.22. The van der Waals surface area contributed by atoms with Gasteiger partial charge in [-0.05, 0) is 12.8 Å². The van der Waals surface area contributed by atoms with Gasteiger partial charge in [-0.1, -0.05) is 4.74 Å². The first-order valence-electron chi connectivity index (χ1n) is 4.25. The Morgan fingerprint density at radius 3 is 2.62 bits per heavy atom. The van der Waals surface area contributed by atoms with Crippen molar-refractivity contribution in [2.75, 3.05) is 13.1 Å². The van der Waals surface area contributed by atoms with Crippen LogP contribution in [-0.2, 0) is 0 Å². The SMILES string of the molecule is O=C(N1CCCC1)n1occc1=O. The van der Waals surface area contributed by atoms with Crippen LogP contribution in [0.25, 0.3) is 0 Å². The summed E-state index contributed by atoms with van der Waals surface area (Å²) in [6.07, 6.45) is 3.22. The number of hydrogen-bond acceptors (Lipinski definition) is 3. The smallest absolute Gasteiger partial charge is 0.361 e. The molecule has 0 aromatic carbocycles. The molecule has 1 aromatic heterocycles. The van der Waals surface area contributed by atoms with Gasteiger partial charge in [-0.25, -0.2) is 4.79 Å². The van der Waals surface area contributed by atoms with Crippen LogP contribution in [0.2, 0.25) is 0 Å². The average molecular weight is 182 g/mol. The molecule has 0 N–H and O–H groups in total. The summed E-state index contributed by atoms with van der Waals surface area (Å²) in [4.78, 5) is 24.2. The van der Waals surface area contributed by atoms with E-state index in [1.807, 2.05) is 0 Å². The van der Waals surface area contributed by atoms with Crippen molar-refractivity contribution in [2.24, 2.45) is 0 Å². The molecule has 1 saturated heterocycles. The number of carbonyl (C=O) groups excluding carboxylic acids is 1. The maximum atomic E-state index is 11.5. The number of amides is 1. The van der Waals surface area contributed by atoms with E-state index in [1.54, 1.807) is 4.90 Å². The summed E-state index contributed by atoms with van der Waals surface area (Å²) in [5.74, 6) is 0. The molecule has 1 amide bonds. The van der Waals surface area contributed by atoms with Crippen LogP contribution in [0.15, 0.2) is 21.6 Å². The minimum Gasteiger partial charge on any atom is -0.375 e. The van der Waals surface area contributed by atoms with Crippen molar-refractivity contribution < 1.29 is 9.32 Å². The van der Waals surface area contributed by atoms with Crippen LogP contribution < -0.4 is 5.56 Å². The van der Waals surface area contributed by atoms with Crippen molar-refractivity contribution in [2.45, 2.75) is 12.8 Å². The second-order valence-electron chi connectivity index (χ2n) is 3.02. The summed E-state index contributed by atoms with van der Waals surface area (Å²) in [6, 6.07) is 0.876. The first kappa shape index (κ1) is 8.10. The second-order valence-corrected chi connectivity index (χ2v) is 3.02. The molecule has 0 atom stereocenters. The van der Waals surface area contributed by atoms with E-state index in [1.165, 1.54) is 12.3 Å². The van der Waals surface area contributed by atoms with Crippen LogP contribution in [0.5, 0.6) is 0 Å². The van der Waals surface area contributed by atoms with Crippen molar-refractivity contribution >= 4 is 6.03 Å². The number of aromatic nitrogens is 1. The van der Waals surface area contributed by atoms with Crippen molar-refractivity contribution in [1.82, 2.24) is 9.64 Å². The Bertz CT molecular complexity index is 359. The molecule has 1 aromatic rings. The molecular weight excluding hydrogens is 172 g/mol. The highest BCUT2D eigenvalue weighted by Gasteiger charge is 2.21. The first-order valence-corrected chi connectivity index (χ1v) is 4.25. The molecule has 0 radical (unpaired) electrons. The highest BCUT2D eigenvalue weighted by molar-refractivity contribution is 5.75. The van der Waals surface area contributed by atoms with E-state index >= 15 is 0 Å². The largest absolute Gasteiger partial charge is 0.375 e. The topological polar surface area (TPSA) is 55.5 Å². The fourth-order valence-corrected chi connectivity index (χ4v) is 1.45.